The van der Waals surface area contributed by atoms with Crippen molar-refractivity contribution in [3.63, 3.8) is 0 Å². The van der Waals surface area contributed by atoms with Gasteiger partial charge < -0.3 is 21.3 Å². The highest BCUT2D eigenvalue weighted by atomic mass is 16.2. The van der Waals surface area contributed by atoms with Crippen LogP contribution in [0.2, 0.25) is 0 Å². The predicted octanol–water partition coefficient (Wildman–Crippen LogP) is 2.17. The summed E-state index contributed by atoms with van der Waals surface area (Å²) in [5.74, 6) is 0.463. The van der Waals surface area contributed by atoms with E-state index in [1.807, 2.05) is 31.2 Å². The van der Waals surface area contributed by atoms with Crippen molar-refractivity contribution in [3.05, 3.63) is 29.8 Å². The van der Waals surface area contributed by atoms with E-state index in [0.717, 1.165) is 30.8 Å². The second kappa shape index (κ2) is 6.91. The van der Waals surface area contributed by atoms with E-state index in [1.54, 1.807) is 0 Å². The minimum atomic E-state index is -0.141. The van der Waals surface area contributed by atoms with E-state index in [0.29, 0.717) is 5.92 Å². The molecule has 5 heteroatoms. The van der Waals surface area contributed by atoms with E-state index in [9.17, 15) is 4.79 Å². The molecule has 4 N–H and O–H groups in total. The number of rotatable bonds is 3. The average molecular weight is 290 g/mol. The lowest BCUT2D eigenvalue weighted by molar-refractivity contribution is 0.176. The lowest BCUT2D eigenvalue weighted by atomic mass is 9.94. The molecule has 1 fully saturated rings. The largest absolute Gasteiger partial charge is 0.335 e. The highest BCUT2D eigenvalue weighted by Gasteiger charge is 2.25. The number of nitrogens with two attached hydrogens (primary N) is 1. The zero-order chi connectivity index (χ0) is 15.4. The summed E-state index contributed by atoms with van der Waals surface area (Å²) in [6, 6.07) is 7.73. The minimum absolute atomic E-state index is 0.0382. The van der Waals surface area contributed by atoms with Crippen molar-refractivity contribution in [2.75, 3.05) is 25.5 Å². The summed E-state index contributed by atoms with van der Waals surface area (Å²) >= 11 is 0. The third-order valence-electron chi connectivity index (χ3n) is 4.10. The number of piperidine rings is 1. The Morgan fingerprint density at radius 2 is 2.24 bits per heavy atom. The van der Waals surface area contributed by atoms with E-state index in [2.05, 4.69) is 29.5 Å². The molecule has 116 valence electrons. The zero-order valence-corrected chi connectivity index (χ0v) is 13.1. The Kier molecular flexibility index (Phi) is 5.20. The van der Waals surface area contributed by atoms with Crippen molar-refractivity contribution in [2.45, 2.75) is 32.4 Å². The Hall–Kier alpha value is -1.59. The lowest BCUT2D eigenvalue weighted by Crippen LogP contribution is -2.49. The number of carbonyl (C=O) groups excluding carboxylic acids is 1. The summed E-state index contributed by atoms with van der Waals surface area (Å²) < 4.78 is 0. The molecule has 3 unspecified atom stereocenters. The topological polar surface area (TPSA) is 70.4 Å². The molecule has 0 bridgehead atoms. The molecule has 1 aromatic carbocycles. The standard InChI is InChI=1S/C16H26N4O/c1-11-10-20(3)8-7-15(11)19-16(21)18-14-6-4-5-13(9-14)12(2)17/h4-6,9,11-12,15H,7-8,10,17H2,1-3H3,(H2,18,19,21). The molecule has 2 rings (SSSR count). The summed E-state index contributed by atoms with van der Waals surface area (Å²) in [7, 11) is 2.12. The van der Waals surface area contributed by atoms with Gasteiger partial charge in [-0.2, -0.15) is 0 Å². The molecular formula is C16H26N4O. The van der Waals surface area contributed by atoms with Gasteiger partial charge in [-0.15, -0.1) is 0 Å². The number of anilines is 1. The van der Waals surface area contributed by atoms with Crippen LogP contribution in [-0.4, -0.2) is 37.1 Å². The lowest BCUT2D eigenvalue weighted by Gasteiger charge is -2.35. The number of nitrogens with zero attached hydrogens (tertiary/aromatic N) is 1. The normalized spacial score (nSPS) is 24.4. The van der Waals surface area contributed by atoms with Gasteiger partial charge in [-0.3, -0.25) is 0 Å². The van der Waals surface area contributed by atoms with Crippen LogP contribution in [0.1, 0.15) is 31.9 Å². The highest BCUT2D eigenvalue weighted by molar-refractivity contribution is 5.89. The summed E-state index contributed by atoms with van der Waals surface area (Å²) in [5.41, 5.74) is 7.66. The molecule has 0 saturated carbocycles. The molecule has 2 amide bonds. The van der Waals surface area contributed by atoms with Crippen LogP contribution in [0.4, 0.5) is 10.5 Å². The third kappa shape index (κ3) is 4.44. The van der Waals surface area contributed by atoms with E-state index < -0.39 is 0 Å². The van der Waals surface area contributed by atoms with Crippen molar-refractivity contribution in [1.29, 1.82) is 0 Å². The molecule has 1 heterocycles. The smallest absolute Gasteiger partial charge is 0.319 e. The predicted molar refractivity (Wildman–Crippen MR) is 86.3 cm³/mol. The molecule has 1 saturated heterocycles. The van der Waals surface area contributed by atoms with E-state index in [4.69, 9.17) is 5.73 Å². The summed E-state index contributed by atoms with van der Waals surface area (Å²) in [6.45, 7) is 6.15. The molecule has 0 aromatic heterocycles. The molecule has 1 aliphatic rings. The van der Waals surface area contributed by atoms with Gasteiger partial charge >= 0.3 is 6.03 Å². The number of benzene rings is 1. The zero-order valence-electron chi connectivity index (χ0n) is 13.1. The maximum Gasteiger partial charge on any atom is 0.319 e. The first kappa shape index (κ1) is 15.8. The number of hydrogen-bond donors (Lipinski definition) is 3. The monoisotopic (exact) mass is 290 g/mol. The summed E-state index contributed by atoms with van der Waals surface area (Å²) in [4.78, 5) is 14.4. The fourth-order valence-corrected chi connectivity index (χ4v) is 2.80. The first-order chi connectivity index (χ1) is 9.95. The molecular weight excluding hydrogens is 264 g/mol. The van der Waals surface area contributed by atoms with Crippen LogP contribution < -0.4 is 16.4 Å². The fraction of sp³-hybridized carbons (Fsp3) is 0.562. The Bertz CT molecular complexity index is 489. The van der Waals surface area contributed by atoms with Crippen molar-refractivity contribution in [3.8, 4) is 0 Å². The maximum absolute atomic E-state index is 12.1. The second-order valence-corrected chi connectivity index (χ2v) is 6.15. The number of hydrogen-bond acceptors (Lipinski definition) is 3. The third-order valence-corrected chi connectivity index (χ3v) is 4.10. The van der Waals surface area contributed by atoms with E-state index in [-0.39, 0.29) is 18.1 Å². The van der Waals surface area contributed by atoms with Crippen molar-refractivity contribution < 1.29 is 4.79 Å². The molecule has 5 nitrogen and oxygen atoms in total. The number of urea groups is 1. The van der Waals surface area contributed by atoms with Gasteiger partial charge in [0, 0.05) is 24.3 Å². The van der Waals surface area contributed by atoms with E-state index >= 15 is 0 Å². The van der Waals surface area contributed by atoms with Gasteiger partial charge in [-0.05, 0) is 50.6 Å². The Labute approximate surface area is 126 Å². The number of nitrogens with one attached hydrogen (secondary N) is 2. The van der Waals surface area contributed by atoms with Gasteiger partial charge in [0.1, 0.15) is 0 Å². The van der Waals surface area contributed by atoms with Crippen molar-refractivity contribution >= 4 is 11.7 Å². The van der Waals surface area contributed by atoms with Gasteiger partial charge in [-0.25, -0.2) is 4.79 Å². The molecule has 1 aliphatic heterocycles. The SMILES string of the molecule is CC(N)c1cccc(NC(=O)NC2CCN(C)CC2C)c1. The molecule has 21 heavy (non-hydrogen) atoms. The number of likely N-dealkylation sites (tertiary alicyclic amines) is 1. The highest BCUT2D eigenvalue weighted by Crippen LogP contribution is 2.17. The molecule has 0 spiro atoms. The Morgan fingerprint density at radius 1 is 1.48 bits per heavy atom. The molecule has 0 aliphatic carbocycles. The maximum atomic E-state index is 12.1. The van der Waals surface area contributed by atoms with Crippen LogP contribution >= 0.6 is 0 Å². The average Bonchev–Trinajstić information content (AvgIpc) is 2.42. The van der Waals surface area contributed by atoms with Crippen LogP contribution in [0.15, 0.2) is 24.3 Å². The summed E-state index contributed by atoms with van der Waals surface area (Å²) in [5, 5.41) is 5.98. The first-order valence-electron chi connectivity index (χ1n) is 7.57. The van der Waals surface area contributed by atoms with Crippen molar-refractivity contribution in [1.82, 2.24) is 10.2 Å². The molecule has 3 atom stereocenters. The number of carbonyl (C=O) groups is 1. The van der Waals surface area contributed by atoms with Gasteiger partial charge in [0.2, 0.25) is 0 Å². The van der Waals surface area contributed by atoms with Crippen LogP contribution in [0.3, 0.4) is 0 Å². The Morgan fingerprint density at radius 3 is 2.90 bits per heavy atom. The van der Waals surface area contributed by atoms with Crippen LogP contribution in [0, 0.1) is 5.92 Å². The van der Waals surface area contributed by atoms with Gasteiger partial charge in [-0.1, -0.05) is 19.1 Å². The number of amides is 2. The Balaban J connectivity index is 1.91. The summed E-state index contributed by atoms with van der Waals surface area (Å²) in [6.07, 6.45) is 0.991. The van der Waals surface area contributed by atoms with Crippen molar-refractivity contribution in [2.24, 2.45) is 11.7 Å². The van der Waals surface area contributed by atoms with Crippen LogP contribution in [-0.2, 0) is 0 Å². The van der Waals surface area contributed by atoms with Crippen LogP contribution in [0.25, 0.3) is 0 Å². The molecule has 1 aromatic rings. The first-order valence-corrected chi connectivity index (χ1v) is 7.57. The van der Waals surface area contributed by atoms with E-state index in [1.165, 1.54) is 0 Å². The molecule has 0 radical (unpaired) electrons. The minimum Gasteiger partial charge on any atom is -0.335 e. The van der Waals surface area contributed by atoms with Crippen LogP contribution in [0.5, 0.6) is 0 Å². The van der Waals surface area contributed by atoms with Gasteiger partial charge in [0.25, 0.3) is 0 Å². The second-order valence-electron chi connectivity index (χ2n) is 6.15. The quantitative estimate of drug-likeness (QED) is 0.799. The fourth-order valence-electron chi connectivity index (χ4n) is 2.80. The van der Waals surface area contributed by atoms with Gasteiger partial charge in [0.15, 0.2) is 0 Å². The van der Waals surface area contributed by atoms with Gasteiger partial charge in [0.05, 0.1) is 0 Å².